The number of hydrogen-bond donors (Lipinski definition) is 1. The summed E-state index contributed by atoms with van der Waals surface area (Å²) in [5.74, 6) is 2.13. The normalized spacial score (nSPS) is 26.0. The van der Waals surface area contributed by atoms with Gasteiger partial charge in [-0.25, -0.2) is 4.98 Å². The Labute approximate surface area is 146 Å². The van der Waals surface area contributed by atoms with Crippen LogP contribution in [0.15, 0.2) is 12.4 Å². The lowest BCUT2D eigenvalue weighted by Crippen LogP contribution is -2.43. The molecule has 4 rings (SSSR count). The Balaban J connectivity index is 1.38. The predicted octanol–water partition coefficient (Wildman–Crippen LogP) is 1.19. The molecule has 1 saturated heterocycles. The standard InChI is InChI=1S/C17H24N6O2/c1-3-4-15-19-16(21-20-15)14-10-23(5-6-25-14)17(24)13-7-12(13)11-8-18-22(2)9-11/h8-9,12-14H,3-7,10H2,1-2H3,(H,19,20,21). The maximum atomic E-state index is 12.8. The van der Waals surface area contributed by atoms with Crippen molar-refractivity contribution in [3.63, 3.8) is 0 Å². The van der Waals surface area contributed by atoms with E-state index in [1.54, 1.807) is 4.68 Å². The Kier molecular flexibility index (Phi) is 4.29. The Morgan fingerprint density at radius 2 is 2.36 bits per heavy atom. The molecule has 1 N–H and O–H groups in total. The van der Waals surface area contributed by atoms with Crippen molar-refractivity contribution in [1.29, 1.82) is 0 Å². The van der Waals surface area contributed by atoms with Gasteiger partial charge in [0, 0.05) is 32.1 Å². The van der Waals surface area contributed by atoms with E-state index in [1.807, 2.05) is 24.3 Å². The van der Waals surface area contributed by atoms with Crippen LogP contribution in [0.2, 0.25) is 0 Å². The number of carbonyl (C=O) groups is 1. The fourth-order valence-electron chi connectivity index (χ4n) is 3.51. The van der Waals surface area contributed by atoms with Crippen LogP contribution < -0.4 is 0 Å². The summed E-state index contributed by atoms with van der Waals surface area (Å²) in [6.45, 7) is 3.79. The molecule has 8 heteroatoms. The highest BCUT2D eigenvalue weighted by atomic mass is 16.5. The van der Waals surface area contributed by atoms with Gasteiger partial charge < -0.3 is 9.64 Å². The molecule has 3 unspecified atom stereocenters. The van der Waals surface area contributed by atoms with Crippen LogP contribution in [0.4, 0.5) is 0 Å². The molecular formula is C17H24N6O2. The van der Waals surface area contributed by atoms with Crippen LogP contribution >= 0.6 is 0 Å². The largest absolute Gasteiger partial charge is 0.366 e. The van der Waals surface area contributed by atoms with Gasteiger partial charge in [-0.3, -0.25) is 14.6 Å². The van der Waals surface area contributed by atoms with E-state index in [9.17, 15) is 4.79 Å². The molecule has 8 nitrogen and oxygen atoms in total. The lowest BCUT2D eigenvalue weighted by atomic mass is 10.1. The molecule has 134 valence electrons. The third-order valence-electron chi connectivity index (χ3n) is 4.96. The third kappa shape index (κ3) is 3.30. The van der Waals surface area contributed by atoms with Crippen LogP contribution in [0.5, 0.6) is 0 Å². The molecule has 3 atom stereocenters. The summed E-state index contributed by atoms with van der Waals surface area (Å²) in [6.07, 6.45) is 6.43. The molecular weight excluding hydrogens is 320 g/mol. The monoisotopic (exact) mass is 344 g/mol. The predicted molar refractivity (Wildman–Crippen MR) is 89.7 cm³/mol. The van der Waals surface area contributed by atoms with Crippen LogP contribution in [0, 0.1) is 5.92 Å². The number of nitrogens with one attached hydrogen (secondary N) is 1. The van der Waals surface area contributed by atoms with Crippen LogP contribution in [-0.2, 0) is 23.0 Å². The summed E-state index contributed by atoms with van der Waals surface area (Å²) in [7, 11) is 1.90. The number of morpholine rings is 1. The molecule has 0 spiro atoms. The topological polar surface area (TPSA) is 88.9 Å². The minimum absolute atomic E-state index is 0.0748. The average molecular weight is 344 g/mol. The minimum atomic E-state index is -0.241. The van der Waals surface area contributed by atoms with Crippen molar-refractivity contribution >= 4 is 5.91 Å². The molecule has 2 aromatic rings. The van der Waals surface area contributed by atoms with Gasteiger partial charge in [0.2, 0.25) is 5.91 Å². The van der Waals surface area contributed by atoms with Gasteiger partial charge in [-0.2, -0.15) is 10.2 Å². The van der Waals surface area contributed by atoms with Crippen LogP contribution in [0.1, 0.15) is 49.0 Å². The van der Waals surface area contributed by atoms with E-state index in [2.05, 4.69) is 27.2 Å². The van der Waals surface area contributed by atoms with Crippen LogP contribution in [-0.4, -0.2) is 55.5 Å². The summed E-state index contributed by atoms with van der Waals surface area (Å²) in [5, 5.41) is 11.4. The van der Waals surface area contributed by atoms with Gasteiger partial charge in [-0.1, -0.05) is 6.92 Å². The average Bonchev–Trinajstić information content (AvgIpc) is 3.07. The summed E-state index contributed by atoms with van der Waals surface area (Å²) >= 11 is 0. The molecule has 2 aromatic heterocycles. The lowest BCUT2D eigenvalue weighted by Gasteiger charge is -2.31. The van der Waals surface area contributed by atoms with Gasteiger partial charge in [0.15, 0.2) is 5.82 Å². The molecule has 1 aliphatic carbocycles. The van der Waals surface area contributed by atoms with E-state index in [0.29, 0.717) is 31.4 Å². The summed E-state index contributed by atoms with van der Waals surface area (Å²) in [5.41, 5.74) is 1.16. The highest BCUT2D eigenvalue weighted by Crippen LogP contribution is 2.48. The first kappa shape index (κ1) is 16.3. The maximum Gasteiger partial charge on any atom is 0.226 e. The molecule has 1 aliphatic heterocycles. The van der Waals surface area contributed by atoms with Crippen molar-refractivity contribution in [3.8, 4) is 0 Å². The Bertz CT molecular complexity index is 754. The molecule has 3 heterocycles. The van der Waals surface area contributed by atoms with Crippen molar-refractivity contribution in [3.05, 3.63) is 29.6 Å². The number of carbonyl (C=O) groups excluding carboxylic acids is 1. The second-order valence-electron chi connectivity index (χ2n) is 6.93. The van der Waals surface area contributed by atoms with E-state index in [1.165, 1.54) is 0 Å². The quantitative estimate of drug-likeness (QED) is 0.880. The summed E-state index contributed by atoms with van der Waals surface area (Å²) < 4.78 is 7.59. The van der Waals surface area contributed by atoms with Gasteiger partial charge in [0.1, 0.15) is 11.9 Å². The summed E-state index contributed by atoms with van der Waals surface area (Å²) in [4.78, 5) is 19.2. The molecule has 0 bridgehead atoms. The lowest BCUT2D eigenvalue weighted by molar-refractivity contribution is -0.140. The smallest absolute Gasteiger partial charge is 0.226 e. The maximum absolute atomic E-state index is 12.8. The van der Waals surface area contributed by atoms with Crippen molar-refractivity contribution in [1.82, 2.24) is 29.9 Å². The number of H-pyrrole nitrogens is 1. The number of nitrogens with zero attached hydrogens (tertiary/aromatic N) is 5. The second kappa shape index (κ2) is 6.59. The zero-order valence-corrected chi connectivity index (χ0v) is 14.7. The Hall–Kier alpha value is -2.22. The molecule has 1 amide bonds. The molecule has 2 aliphatic rings. The number of aryl methyl sites for hydroxylation is 2. The van der Waals surface area contributed by atoms with E-state index >= 15 is 0 Å². The first-order chi connectivity index (χ1) is 12.2. The molecule has 0 aromatic carbocycles. The van der Waals surface area contributed by atoms with Crippen molar-refractivity contribution in [2.45, 2.75) is 38.2 Å². The third-order valence-corrected chi connectivity index (χ3v) is 4.96. The van der Waals surface area contributed by atoms with Crippen molar-refractivity contribution in [2.75, 3.05) is 19.7 Å². The van der Waals surface area contributed by atoms with Crippen LogP contribution in [0.3, 0.4) is 0 Å². The molecule has 1 saturated carbocycles. The first-order valence-electron chi connectivity index (χ1n) is 8.95. The van der Waals surface area contributed by atoms with Crippen LogP contribution in [0.25, 0.3) is 0 Å². The number of rotatable bonds is 5. The molecule has 0 radical (unpaired) electrons. The number of amides is 1. The zero-order valence-electron chi connectivity index (χ0n) is 14.7. The van der Waals surface area contributed by atoms with E-state index in [-0.39, 0.29) is 17.9 Å². The van der Waals surface area contributed by atoms with Crippen molar-refractivity contribution < 1.29 is 9.53 Å². The van der Waals surface area contributed by atoms with Gasteiger partial charge in [0.05, 0.1) is 19.3 Å². The number of ether oxygens (including phenoxy) is 1. The number of aromatic amines is 1. The van der Waals surface area contributed by atoms with Gasteiger partial charge in [-0.05, 0) is 24.3 Å². The van der Waals surface area contributed by atoms with E-state index < -0.39 is 0 Å². The van der Waals surface area contributed by atoms with Gasteiger partial charge in [0.25, 0.3) is 0 Å². The minimum Gasteiger partial charge on any atom is -0.366 e. The highest BCUT2D eigenvalue weighted by molar-refractivity contribution is 5.83. The molecule has 2 fully saturated rings. The van der Waals surface area contributed by atoms with Gasteiger partial charge >= 0.3 is 0 Å². The molecule has 25 heavy (non-hydrogen) atoms. The number of aromatic nitrogens is 5. The highest BCUT2D eigenvalue weighted by Gasteiger charge is 2.47. The van der Waals surface area contributed by atoms with E-state index in [0.717, 1.165) is 30.7 Å². The van der Waals surface area contributed by atoms with E-state index in [4.69, 9.17) is 4.74 Å². The van der Waals surface area contributed by atoms with Gasteiger partial charge in [-0.15, -0.1) is 0 Å². The number of hydrogen-bond acceptors (Lipinski definition) is 5. The van der Waals surface area contributed by atoms with Crippen molar-refractivity contribution in [2.24, 2.45) is 13.0 Å². The Morgan fingerprint density at radius 3 is 3.12 bits per heavy atom. The fourth-order valence-corrected chi connectivity index (χ4v) is 3.51. The fraction of sp³-hybridized carbons (Fsp3) is 0.647. The zero-order chi connectivity index (χ0) is 17.4. The SMILES string of the molecule is CCCc1nc(C2CN(C(=O)C3CC3c3cnn(C)c3)CCO2)n[nH]1. The first-order valence-corrected chi connectivity index (χ1v) is 8.95. The summed E-state index contributed by atoms with van der Waals surface area (Å²) in [6, 6.07) is 0. The second-order valence-corrected chi connectivity index (χ2v) is 6.93. The Morgan fingerprint density at radius 1 is 1.48 bits per heavy atom.